The fourth-order valence-electron chi connectivity index (χ4n) is 1.75. The van der Waals surface area contributed by atoms with Crippen molar-refractivity contribution in [3.63, 3.8) is 0 Å². The molecule has 2 aromatic rings. The van der Waals surface area contributed by atoms with Crippen LogP contribution in [0.25, 0.3) is 0 Å². The Bertz CT molecular complexity index is 548. The van der Waals surface area contributed by atoms with E-state index in [1.165, 1.54) is 4.90 Å². The van der Waals surface area contributed by atoms with Gasteiger partial charge >= 0.3 is 6.03 Å². The van der Waals surface area contributed by atoms with E-state index in [1.807, 2.05) is 36.4 Å². The molecule has 0 atom stereocenters. The number of rotatable bonds is 3. The summed E-state index contributed by atoms with van der Waals surface area (Å²) in [4.78, 5) is 25.0. The Morgan fingerprint density at radius 1 is 0.900 bits per heavy atom. The summed E-state index contributed by atoms with van der Waals surface area (Å²) in [6.07, 6.45) is 0. The van der Waals surface area contributed by atoms with Crippen LogP contribution in [0.5, 0.6) is 0 Å². The molecular weight excluding hydrogens is 276 g/mol. The molecule has 0 aromatic heterocycles. The minimum Gasteiger partial charge on any atom is -0.276 e. The standard InChI is InChI=1S/C15H13ClN2O2/c16-11-14(19)17-15(20)18(12-7-3-1-4-8-12)13-9-5-2-6-10-13/h1-10H,11H2,(H,17,19,20). The van der Waals surface area contributed by atoms with Crippen molar-refractivity contribution in [3.8, 4) is 0 Å². The van der Waals surface area contributed by atoms with Crippen LogP contribution in [0, 0.1) is 0 Å². The van der Waals surface area contributed by atoms with Crippen LogP contribution in [0.2, 0.25) is 0 Å². The highest BCUT2D eigenvalue weighted by Gasteiger charge is 2.19. The van der Waals surface area contributed by atoms with E-state index in [1.54, 1.807) is 24.3 Å². The number of halogens is 1. The van der Waals surface area contributed by atoms with E-state index in [9.17, 15) is 9.59 Å². The van der Waals surface area contributed by atoms with Gasteiger partial charge in [-0.2, -0.15) is 0 Å². The van der Waals surface area contributed by atoms with Crippen molar-refractivity contribution < 1.29 is 9.59 Å². The Morgan fingerprint density at radius 2 is 1.35 bits per heavy atom. The summed E-state index contributed by atoms with van der Waals surface area (Å²) in [5.41, 5.74) is 1.33. The minimum atomic E-state index is -0.534. The fourth-order valence-corrected chi connectivity index (χ4v) is 1.81. The Hall–Kier alpha value is -2.33. The number of imide groups is 1. The van der Waals surface area contributed by atoms with Gasteiger partial charge in [-0.1, -0.05) is 36.4 Å². The molecule has 5 heteroatoms. The number of anilines is 2. The van der Waals surface area contributed by atoms with Crippen molar-refractivity contribution in [2.45, 2.75) is 0 Å². The molecule has 0 radical (unpaired) electrons. The molecule has 102 valence electrons. The number of nitrogens with one attached hydrogen (secondary N) is 1. The predicted molar refractivity (Wildman–Crippen MR) is 79.3 cm³/mol. The SMILES string of the molecule is O=C(CCl)NC(=O)N(c1ccccc1)c1ccccc1. The second-order valence-corrected chi connectivity index (χ2v) is 4.26. The van der Waals surface area contributed by atoms with Gasteiger partial charge in [0.2, 0.25) is 5.91 Å². The second kappa shape index (κ2) is 6.73. The first kappa shape index (κ1) is 14.1. The number of urea groups is 1. The summed E-state index contributed by atoms with van der Waals surface area (Å²) in [5, 5.41) is 2.24. The predicted octanol–water partition coefficient (Wildman–Crippen LogP) is 3.30. The number of nitrogens with zero attached hydrogens (tertiary/aromatic N) is 1. The molecule has 0 aliphatic rings. The average molecular weight is 289 g/mol. The van der Waals surface area contributed by atoms with E-state index < -0.39 is 11.9 Å². The number of para-hydroxylation sites is 2. The average Bonchev–Trinajstić information content (AvgIpc) is 2.49. The lowest BCUT2D eigenvalue weighted by Gasteiger charge is -2.22. The molecule has 2 aromatic carbocycles. The number of amides is 3. The molecule has 2 rings (SSSR count). The summed E-state index contributed by atoms with van der Waals surface area (Å²) in [6, 6.07) is 17.6. The Kier molecular flexibility index (Phi) is 4.74. The first-order valence-electron chi connectivity index (χ1n) is 6.02. The molecule has 0 saturated carbocycles. The summed E-state index contributed by atoms with van der Waals surface area (Å²) < 4.78 is 0. The number of carbonyl (C=O) groups excluding carboxylic acids is 2. The van der Waals surface area contributed by atoms with Crippen LogP contribution < -0.4 is 10.2 Å². The summed E-state index contributed by atoms with van der Waals surface area (Å²) in [5.74, 6) is -0.795. The highest BCUT2D eigenvalue weighted by Crippen LogP contribution is 2.24. The van der Waals surface area contributed by atoms with Gasteiger partial charge < -0.3 is 0 Å². The van der Waals surface area contributed by atoms with Crippen LogP contribution in [-0.2, 0) is 4.79 Å². The quantitative estimate of drug-likeness (QED) is 0.881. The highest BCUT2D eigenvalue weighted by molar-refractivity contribution is 6.28. The smallest absolute Gasteiger partial charge is 0.276 e. The maximum Gasteiger partial charge on any atom is 0.333 e. The lowest BCUT2D eigenvalue weighted by molar-refractivity contribution is -0.117. The van der Waals surface area contributed by atoms with Crippen molar-refractivity contribution in [3.05, 3.63) is 60.7 Å². The molecule has 0 fully saturated rings. The number of alkyl halides is 1. The van der Waals surface area contributed by atoms with Gasteiger partial charge in [-0.05, 0) is 24.3 Å². The van der Waals surface area contributed by atoms with Crippen LogP contribution >= 0.6 is 11.6 Å². The van der Waals surface area contributed by atoms with Crippen molar-refractivity contribution >= 4 is 34.9 Å². The zero-order valence-electron chi connectivity index (χ0n) is 10.6. The van der Waals surface area contributed by atoms with Gasteiger partial charge in [0.25, 0.3) is 0 Å². The zero-order chi connectivity index (χ0) is 14.4. The van der Waals surface area contributed by atoms with E-state index in [4.69, 9.17) is 11.6 Å². The lowest BCUT2D eigenvalue weighted by atomic mass is 10.2. The Morgan fingerprint density at radius 3 is 1.75 bits per heavy atom. The first-order valence-corrected chi connectivity index (χ1v) is 6.56. The Labute approximate surface area is 122 Å². The third kappa shape index (κ3) is 3.36. The maximum atomic E-state index is 12.2. The normalized spacial score (nSPS) is 9.85. The molecule has 20 heavy (non-hydrogen) atoms. The van der Waals surface area contributed by atoms with E-state index in [2.05, 4.69) is 5.32 Å². The van der Waals surface area contributed by atoms with Crippen LogP contribution in [0.15, 0.2) is 60.7 Å². The molecule has 0 aliphatic carbocycles. The van der Waals surface area contributed by atoms with Gasteiger partial charge in [0.05, 0.1) is 11.4 Å². The molecule has 0 bridgehead atoms. The largest absolute Gasteiger partial charge is 0.333 e. The van der Waals surface area contributed by atoms with E-state index >= 15 is 0 Å². The van der Waals surface area contributed by atoms with E-state index in [-0.39, 0.29) is 5.88 Å². The van der Waals surface area contributed by atoms with Gasteiger partial charge in [0.1, 0.15) is 5.88 Å². The Balaban J connectivity index is 2.35. The molecule has 0 heterocycles. The number of hydrogen-bond donors (Lipinski definition) is 1. The monoisotopic (exact) mass is 288 g/mol. The van der Waals surface area contributed by atoms with Gasteiger partial charge in [-0.3, -0.25) is 15.0 Å². The first-order chi connectivity index (χ1) is 9.72. The fraction of sp³-hybridized carbons (Fsp3) is 0.0667. The summed E-state index contributed by atoms with van der Waals surface area (Å²) in [7, 11) is 0. The van der Waals surface area contributed by atoms with Crippen LogP contribution in [-0.4, -0.2) is 17.8 Å². The van der Waals surface area contributed by atoms with Crippen LogP contribution in [0.1, 0.15) is 0 Å². The van der Waals surface area contributed by atoms with Crippen molar-refractivity contribution in [2.75, 3.05) is 10.8 Å². The highest BCUT2D eigenvalue weighted by atomic mass is 35.5. The van der Waals surface area contributed by atoms with Crippen LogP contribution in [0.4, 0.5) is 16.2 Å². The molecule has 0 unspecified atom stereocenters. The van der Waals surface area contributed by atoms with Crippen molar-refractivity contribution in [1.29, 1.82) is 0 Å². The lowest BCUT2D eigenvalue weighted by Crippen LogP contribution is -2.41. The van der Waals surface area contributed by atoms with Crippen molar-refractivity contribution in [1.82, 2.24) is 5.32 Å². The van der Waals surface area contributed by atoms with E-state index in [0.717, 1.165) is 0 Å². The third-order valence-electron chi connectivity index (χ3n) is 2.60. The van der Waals surface area contributed by atoms with Gasteiger partial charge in [-0.15, -0.1) is 11.6 Å². The topological polar surface area (TPSA) is 49.4 Å². The number of benzene rings is 2. The molecule has 0 aliphatic heterocycles. The second-order valence-electron chi connectivity index (χ2n) is 3.99. The van der Waals surface area contributed by atoms with Gasteiger partial charge in [0.15, 0.2) is 0 Å². The molecule has 0 saturated heterocycles. The zero-order valence-corrected chi connectivity index (χ0v) is 11.4. The van der Waals surface area contributed by atoms with Gasteiger partial charge in [0, 0.05) is 0 Å². The molecule has 3 amide bonds. The maximum absolute atomic E-state index is 12.2. The number of hydrogen-bond acceptors (Lipinski definition) is 2. The van der Waals surface area contributed by atoms with Crippen molar-refractivity contribution in [2.24, 2.45) is 0 Å². The molecule has 0 spiro atoms. The summed E-state index contributed by atoms with van der Waals surface area (Å²) in [6.45, 7) is 0. The molecule has 1 N–H and O–H groups in total. The third-order valence-corrected chi connectivity index (χ3v) is 2.84. The van der Waals surface area contributed by atoms with Gasteiger partial charge in [-0.25, -0.2) is 4.79 Å². The minimum absolute atomic E-state index is 0.261. The number of carbonyl (C=O) groups is 2. The molecule has 4 nitrogen and oxygen atoms in total. The van der Waals surface area contributed by atoms with E-state index in [0.29, 0.717) is 11.4 Å². The summed E-state index contributed by atoms with van der Waals surface area (Å²) >= 11 is 5.41. The molecular formula is C15H13ClN2O2. The van der Waals surface area contributed by atoms with Crippen LogP contribution in [0.3, 0.4) is 0 Å².